The van der Waals surface area contributed by atoms with Crippen molar-refractivity contribution in [2.75, 3.05) is 6.61 Å². The number of ketones is 1. The Balaban J connectivity index is 2.09. The highest BCUT2D eigenvalue weighted by Gasteiger charge is 2.52. The summed E-state index contributed by atoms with van der Waals surface area (Å²) in [7, 11) is 0. The molecule has 100 valence electrons. The molecule has 0 bridgehead atoms. The maximum Gasteiger partial charge on any atom is 0.212 e. The second-order valence-electron chi connectivity index (χ2n) is 4.48. The quantitative estimate of drug-likeness (QED) is 0.799. The summed E-state index contributed by atoms with van der Waals surface area (Å²) in [4.78, 5) is 14.0. The molecule has 0 aliphatic carbocycles. The minimum absolute atomic E-state index is 0.253. The van der Waals surface area contributed by atoms with Gasteiger partial charge in [0.2, 0.25) is 5.78 Å². The average molecular weight is 296 g/mol. The van der Waals surface area contributed by atoms with Crippen molar-refractivity contribution >= 4 is 28.5 Å². The van der Waals surface area contributed by atoms with E-state index < -0.39 is 11.8 Å². The van der Waals surface area contributed by atoms with Gasteiger partial charge in [0.1, 0.15) is 6.17 Å². The highest BCUT2D eigenvalue weighted by atomic mass is 32.1. The number of carbonyl (C=O) groups is 1. The van der Waals surface area contributed by atoms with Gasteiger partial charge >= 0.3 is 0 Å². The molecule has 3 heterocycles. The lowest BCUT2D eigenvalue weighted by Gasteiger charge is -2.37. The number of rotatable bonds is 3. The molecule has 1 fully saturated rings. The Morgan fingerprint density at radius 2 is 2.11 bits per heavy atom. The maximum atomic E-state index is 14.6. The first-order valence-corrected chi connectivity index (χ1v) is 7.91. The van der Waals surface area contributed by atoms with Crippen LogP contribution in [-0.4, -0.2) is 18.6 Å². The van der Waals surface area contributed by atoms with Gasteiger partial charge in [-0.05, 0) is 35.7 Å². The predicted octanol–water partition coefficient (Wildman–Crippen LogP) is 4.04. The smallest absolute Gasteiger partial charge is 0.212 e. The van der Waals surface area contributed by atoms with Crippen LogP contribution in [0.15, 0.2) is 35.0 Å². The number of Topliss-reactive ketones (excluding diaryl/α,β-unsaturated/α-hetero) is 1. The van der Waals surface area contributed by atoms with Gasteiger partial charge < -0.3 is 4.74 Å². The molecule has 1 aliphatic heterocycles. The number of ether oxygens (including phenoxy) is 1. The van der Waals surface area contributed by atoms with Crippen LogP contribution in [-0.2, 0) is 10.3 Å². The van der Waals surface area contributed by atoms with Gasteiger partial charge in [0.05, 0.1) is 4.88 Å². The minimum atomic E-state index is -1.43. The van der Waals surface area contributed by atoms with E-state index in [0.29, 0.717) is 29.2 Å². The normalized spacial score (nSPS) is 27.3. The Labute approximate surface area is 118 Å². The van der Waals surface area contributed by atoms with Crippen molar-refractivity contribution in [3.63, 3.8) is 0 Å². The van der Waals surface area contributed by atoms with Gasteiger partial charge in [-0.3, -0.25) is 4.79 Å². The molecule has 0 unspecified atom stereocenters. The Hall–Kier alpha value is -1.04. The third-order valence-electron chi connectivity index (χ3n) is 3.34. The molecule has 19 heavy (non-hydrogen) atoms. The molecule has 2 nitrogen and oxygen atoms in total. The molecule has 2 atom stereocenters. The highest BCUT2D eigenvalue weighted by Crippen LogP contribution is 2.42. The Kier molecular flexibility index (Phi) is 3.52. The summed E-state index contributed by atoms with van der Waals surface area (Å²) >= 11 is 2.71. The predicted molar refractivity (Wildman–Crippen MR) is 74.7 cm³/mol. The number of carbonyl (C=O) groups excluding carboxylic acids is 1. The Bertz CT molecular complexity index is 550. The van der Waals surface area contributed by atoms with Gasteiger partial charge in [-0.1, -0.05) is 12.1 Å². The zero-order chi connectivity index (χ0) is 13.3. The number of hydrogen-bond donors (Lipinski definition) is 0. The van der Waals surface area contributed by atoms with E-state index >= 15 is 0 Å². The van der Waals surface area contributed by atoms with Crippen LogP contribution in [0.2, 0.25) is 0 Å². The highest BCUT2D eigenvalue weighted by molar-refractivity contribution is 7.12. The Morgan fingerprint density at radius 1 is 1.32 bits per heavy atom. The van der Waals surface area contributed by atoms with E-state index in [0.717, 1.165) is 0 Å². The summed E-state index contributed by atoms with van der Waals surface area (Å²) in [6.07, 6.45) is -0.254. The molecule has 1 aliphatic rings. The minimum Gasteiger partial charge on any atom is -0.358 e. The topological polar surface area (TPSA) is 26.3 Å². The van der Waals surface area contributed by atoms with Crippen molar-refractivity contribution in [3.8, 4) is 0 Å². The largest absolute Gasteiger partial charge is 0.358 e. The fourth-order valence-corrected chi connectivity index (χ4v) is 4.05. The molecule has 2 aromatic rings. The molecule has 2 aromatic heterocycles. The number of halogens is 1. The van der Waals surface area contributed by atoms with E-state index in [9.17, 15) is 9.18 Å². The van der Waals surface area contributed by atoms with E-state index in [4.69, 9.17) is 4.74 Å². The van der Waals surface area contributed by atoms with Crippen LogP contribution in [0.4, 0.5) is 4.39 Å². The molecule has 0 amide bonds. The van der Waals surface area contributed by atoms with Gasteiger partial charge in [-0.25, -0.2) is 4.39 Å². The van der Waals surface area contributed by atoms with Crippen LogP contribution >= 0.6 is 22.7 Å². The summed E-state index contributed by atoms with van der Waals surface area (Å²) in [5, 5.41) is 3.68. The zero-order valence-corrected chi connectivity index (χ0v) is 11.8. The van der Waals surface area contributed by atoms with Crippen LogP contribution in [0.5, 0.6) is 0 Å². The van der Waals surface area contributed by atoms with E-state index in [1.165, 1.54) is 22.7 Å². The SMILES string of the molecule is O=C(c1cccs1)[C@@]1(c2cccs2)OCCC[C@H]1F. The molecule has 0 radical (unpaired) electrons. The first kappa shape index (κ1) is 13.0. The second kappa shape index (κ2) is 5.15. The first-order valence-electron chi connectivity index (χ1n) is 6.15. The monoisotopic (exact) mass is 296 g/mol. The van der Waals surface area contributed by atoms with Crippen LogP contribution < -0.4 is 0 Å². The summed E-state index contributed by atoms with van der Waals surface area (Å²) in [6.45, 7) is 0.426. The summed E-state index contributed by atoms with van der Waals surface area (Å²) in [5.41, 5.74) is -1.43. The lowest BCUT2D eigenvalue weighted by Crippen LogP contribution is -2.49. The van der Waals surface area contributed by atoms with Gasteiger partial charge in [0.25, 0.3) is 0 Å². The van der Waals surface area contributed by atoms with Crippen LogP contribution in [0, 0.1) is 0 Å². The standard InChI is InChI=1S/C14H13FO2S2/c15-11-5-1-7-17-14(11,12-6-3-9-19-12)13(16)10-4-2-8-18-10/h2-4,6,8-9,11H,1,5,7H2/t11-,14-/m1/s1. The van der Waals surface area contributed by atoms with E-state index in [-0.39, 0.29) is 5.78 Å². The summed E-state index contributed by atoms with van der Waals surface area (Å²) < 4.78 is 20.3. The number of thiophene rings is 2. The molecular weight excluding hydrogens is 283 g/mol. The summed E-state index contributed by atoms with van der Waals surface area (Å²) in [6, 6.07) is 7.14. The fourth-order valence-electron chi connectivity index (χ4n) is 2.42. The first-order chi connectivity index (χ1) is 9.25. The summed E-state index contributed by atoms with van der Waals surface area (Å²) in [5.74, 6) is -0.253. The molecule has 3 rings (SSSR count). The van der Waals surface area contributed by atoms with E-state index in [2.05, 4.69) is 0 Å². The van der Waals surface area contributed by atoms with Crippen LogP contribution in [0.1, 0.15) is 27.4 Å². The zero-order valence-electron chi connectivity index (χ0n) is 10.2. The van der Waals surface area contributed by atoms with Crippen LogP contribution in [0.3, 0.4) is 0 Å². The number of alkyl halides is 1. The molecule has 1 saturated heterocycles. The van der Waals surface area contributed by atoms with Crippen molar-refractivity contribution < 1.29 is 13.9 Å². The lowest BCUT2D eigenvalue weighted by atomic mass is 9.85. The van der Waals surface area contributed by atoms with Gasteiger partial charge in [0.15, 0.2) is 5.60 Å². The average Bonchev–Trinajstić information content (AvgIpc) is 3.12. The van der Waals surface area contributed by atoms with E-state index in [1.54, 1.807) is 18.2 Å². The molecule has 0 aromatic carbocycles. The second-order valence-corrected chi connectivity index (χ2v) is 6.37. The molecule has 0 saturated carbocycles. The fraction of sp³-hybridized carbons (Fsp3) is 0.357. The maximum absolute atomic E-state index is 14.6. The van der Waals surface area contributed by atoms with E-state index in [1.807, 2.05) is 16.8 Å². The molecule has 0 spiro atoms. The van der Waals surface area contributed by atoms with Crippen molar-refractivity contribution in [2.45, 2.75) is 24.6 Å². The molecule has 0 N–H and O–H groups in total. The van der Waals surface area contributed by atoms with Crippen molar-refractivity contribution in [1.29, 1.82) is 0 Å². The molecular formula is C14H13FO2S2. The van der Waals surface area contributed by atoms with Gasteiger partial charge in [-0.15, -0.1) is 22.7 Å². The van der Waals surface area contributed by atoms with Gasteiger partial charge in [-0.2, -0.15) is 0 Å². The van der Waals surface area contributed by atoms with Crippen LogP contribution in [0.25, 0.3) is 0 Å². The lowest BCUT2D eigenvalue weighted by molar-refractivity contribution is -0.102. The van der Waals surface area contributed by atoms with Crippen molar-refractivity contribution in [2.24, 2.45) is 0 Å². The number of hydrogen-bond acceptors (Lipinski definition) is 4. The van der Waals surface area contributed by atoms with Gasteiger partial charge in [0, 0.05) is 11.5 Å². The third kappa shape index (κ3) is 2.06. The third-order valence-corrected chi connectivity index (χ3v) is 5.20. The van der Waals surface area contributed by atoms with Crippen molar-refractivity contribution in [3.05, 3.63) is 44.8 Å². The van der Waals surface area contributed by atoms with Crippen molar-refractivity contribution in [1.82, 2.24) is 0 Å². The molecule has 5 heteroatoms. The Morgan fingerprint density at radius 3 is 2.74 bits per heavy atom.